The Hall–Kier alpha value is -0.680. The largest absolute Gasteiger partial charge is 0.440 e. The highest BCUT2D eigenvalue weighted by Gasteiger charge is 2.68. The molecule has 2 heteroatoms. The lowest BCUT2D eigenvalue weighted by Crippen LogP contribution is -2.43. The Morgan fingerprint density at radius 3 is 2.42 bits per heavy atom. The Labute approximate surface area is 118 Å². The van der Waals surface area contributed by atoms with Crippen molar-refractivity contribution in [3.05, 3.63) is 0 Å². The second-order valence-corrected chi connectivity index (χ2v) is 8.28. The third-order valence-corrected chi connectivity index (χ3v) is 5.60. The lowest BCUT2D eigenvalue weighted by Gasteiger charge is -2.40. The van der Waals surface area contributed by atoms with E-state index in [-0.39, 0.29) is 28.5 Å². The minimum atomic E-state index is 0.0566. The van der Waals surface area contributed by atoms with Gasteiger partial charge in [-0.15, -0.1) is 0 Å². The zero-order chi connectivity index (χ0) is 14.5. The fraction of sp³-hybridized carbons (Fsp3) is 0.882. The van der Waals surface area contributed by atoms with Gasteiger partial charge in [-0.05, 0) is 23.7 Å². The maximum absolute atomic E-state index is 6.28. The molecule has 2 fully saturated rings. The average Bonchev–Trinajstić information content (AvgIpc) is 2.56. The van der Waals surface area contributed by atoms with E-state index in [2.05, 4.69) is 47.6 Å². The van der Waals surface area contributed by atoms with E-state index in [1.165, 1.54) is 12.8 Å². The van der Waals surface area contributed by atoms with Crippen LogP contribution >= 0.6 is 0 Å². The van der Waals surface area contributed by atoms with Crippen LogP contribution in [-0.4, -0.2) is 18.8 Å². The molecule has 2 saturated carbocycles. The van der Waals surface area contributed by atoms with Gasteiger partial charge in [0.05, 0.1) is 6.61 Å². The highest BCUT2D eigenvalue weighted by Crippen LogP contribution is 2.66. The molecular formula is C17H28O2. The van der Waals surface area contributed by atoms with E-state index in [9.17, 15) is 0 Å². The van der Waals surface area contributed by atoms with Gasteiger partial charge in [-0.1, -0.05) is 48.0 Å². The molecule has 0 N–H and O–H groups in total. The summed E-state index contributed by atoms with van der Waals surface area (Å²) in [4.78, 5) is 0. The van der Waals surface area contributed by atoms with Crippen LogP contribution in [0, 0.1) is 34.7 Å². The Kier molecular flexibility index (Phi) is 3.42. The van der Waals surface area contributed by atoms with Crippen molar-refractivity contribution in [2.75, 3.05) is 6.61 Å². The molecule has 2 aliphatic rings. The van der Waals surface area contributed by atoms with Gasteiger partial charge in [-0.2, -0.15) is 0 Å². The number of hydrogen-bond donors (Lipinski definition) is 0. The Morgan fingerprint density at radius 1 is 1.26 bits per heavy atom. The van der Waals surface area contributed by atoms with Gasteiger partial charge in [-0.3, -0.25) is 0 Å². The molecule has 4 atom stereocenters. The molecule has 0 aromatic carbocycles. The van der Waals surface area contributed by atoms with Crippen LogP contribution in [0.2, 0.25) is 0 Å². The van der Waals surface area contributed by atoms with E-state index in [4.69, 9.17) is 15.9 Å². The molecule has 0 heterocycles. The Balaban J connectivity index is 2.22. The molecule has 2 aliphatic carbocycles. The van der Waals surface area contributed by atoms with Gasteiger partial charge in [0, 0.05) is 11.3 Å². The second-order valence-electron chi connectivity index (χ2n) is 8.28. The molecule has 108 valence electrons. The zero-order valence-electron chi connectivity index (χ0n) is 13.2. The molecule has 0 amide bonds. The third kappa shape index (κ3) is 2.17. The Bertz CT molecular complexity index is 385. The van der Waals surface area contributed by atoms with Gasteiger partial charge >= 0.3 is 0 Å². The average molecular weight is 264 g/mol. The predicted molar refractivity (Wildman–Crippen MR) is 77.5 cm³/mol. The maximum atomic E-state index is 6.28. The van der Waals surface area contributed by atoms with Crippen molar-refractivity contribution < 1.29 is 9.47 Å². The summed E-state index contributed by atoms with van der Waals surface area (Å²) in [5.74, 6) is 0.513. The monoisotopic (exact) mass is 264 g/mol. The van der Waals surface area contributed by atoms with E-state index in [1.54, 1.807) is 0 Å². The standard InChI is InChI=1S/C17H28O2/c1-8-18-13-12-9-10-17(7,16(12,5)6)14(13)19-11-15(2,3)4/h1,12-14H,9-11H2,2-7H3/t12-,13-,14-,17+/m1/s1. The predicted octanol–water partition coefficient (Wildman–Crippen LogP) is 3.85. The van der Waals surface area contributed by atoms with Gasteiger partial charge in [-0.25, -0.2) is 0 Å². The first kappa shape index (κ1) is 14.7. The van der Waals surface area contributed by atoms with Gasteiger partial charge < -0.3 is 9.47 Å². The van der Waals surface area contributed by atoms with E-state index < -0.39 is 0 Å². The molecule has 0 unspecified atom stereocenters. The smallest absolute Gasteiger partial charge is 0.140 e. The van der Waals surface area contributed by atoms with Crippen molar-refractivity contribution in [2.24, 2.45) is 22.2 Å². The molecule has 0 aromatic rings. The van der Waals surface area contributed by atoms with Crippen molar-refractivity contribution in [3.63, 3.8) is 0 Å². The fourth-order valence-corrected chi connectivity index (χ4v) is 4.06. The number of fused-ring (bicyclic) bond motifs is 2. The molecule has 0 saturated heterocycles. The molecular weight excluding hydrogens is 236 g/mol. The number of terminal acetylenes is 1. The van der Waals surface area contributed by atoms with Crippen LogP contribution < -0.4 is 0 Å². The first-order chi connectivity index (χ1) is 8.63. The summed E-state index contributed by atoms with van der Waals surface area (Å²) in [5, 5.41) is 0. The first-order valence-electron chi connectivity index (χ1n) is 7.36. The third-order valence-electron chi connectivity index (χ3n) is 5.60. The van der Waals surface area contributed by atoms with Gasteiger partial charge in [0.1, 0.15) is 18.3 Å². The van der Waals surface area contributed by atoms with Crippen LogP contribution in [0.1, 0.15) is 54.4 Å². The van der Waals surface area contributed by atoms with Crippen LogP contribution in [-0.2, 0) is 9.47 Å². The summed E-state index contributed by atoms with van der Waals surface area (Å²) < 4.78 is 11.9. The van der Waals surface area contributed by atoms with Crippen LogP contribution in [0.15, 0.2) is 0 Å². The summed E-state index contributed by atoms with van der Waals surface area (Å²) in [6.07, 6.45) is 10.4. The first-order valence-corrected chi connectivity index (χ1v) is 7.36. The second kappa shape index (κ2) is 4.42. The SMILES string of the molecule is C#CO[C@@H]1[C@H]2CC[C@@](C)([C@@H]1OCC(C)(C)C)C2(C)C. The molecule has 0 aliphatic heterocycles. The van der Waals surface area contributed by atoms with E-state index in [0.29, 0.717) is 5.92 Å². The van der Waals surface area contributed by atoms with E-state index in [1.807, 2.05) is 0 Å². The number of ether oxygens (including phenoxy) is 2. The summed E-state index contributed by atoms with van der Waals surface area (Å²) in [6, 6.07) is 0. The zero-order valence-corrected chi connectivity index (χ0v) is 13.2. The summed E-state index contributed by atoms with van der Waals surface area (Å²) in [7, 11) is 0. The topological polar surface area (TPSA) is 18.5 Å². The number of rotatable bonds is 3. The quantitative estimate of drug-likeness (QED) is 0.721. The van der Waals surface area contributed by atoms with Crippen molar-refractivity contribution in [1.29, 1.82) is 0 Å². The van der Waals surface area contributed by atoms with Crippen molar-refractivity contribution >= 4 is 0 Å². The normalized spacial score (nSPS) is 40.2. The minimum Gasteiger partial charge on any atom is -0.440 e. The lowest BCUT2D eigenvalue weighted by atomic mass is 9.70. The molecule has 2 nitrogen and oxygen atoms in total. The maximum Gasteiger partial charge on any atom is 0.140 e. The van der Waals surface area contributed by atoms with Crippen LogP contribution in [0.25, 0.3) is 0 Å². The molecule has 19 heavy (non-hydrogen) atoms. The van der Waals surface area contributed by atoms with Crippen LogP contribution in [0.5, 0.6) is 0 Å². The van der Waals surface area contributed by atoms with E-state index >= 15 is 0 Å². The minimum absolute atomic E-state index is 0.0566. The van der Waals surface area contributed by atoms with Gasteiger partial charge in [0.15, 0.2) is 0 Å². The molecule has 2 rings (SSSR count). The molecule has 0 radical (unpaired) electrons. The van der Waals surface area contributed by atoms with Gasteiger partial charge in [0.25, 0.3) is 0 Å². The molecule has 0 aromatic heterocycles. The highest BCUT2D eigenvalue weighted by molar-refractivity contribution is 5.16. The van der Waals surface area contributed by atoms with Crippen molar-refractivity contribution in [3.8, 4) is 12.5 Å². The van der Waals surface area contributed by atoms with Crippen molar-refractivity contribution in [1.82, 2.24) is 0 Å². The summed E-state index contributed by atoms with van der Waals surface area (Å²) in [6.45, 7) is 14.4. The number of hydrogen-bond acceptors (Lipinski definition) is 2. The summed E-state index contributed by atoms with van der Waals surface area (Å²) >= 11 is 0. The molecule has 2 bridgehead atoms. The van der Waals surface area contributed by atoms with E-state index in [0.717, 1.165) is 6.61 Å². The summed E-state index contributed by atoms with van der Waals surface area (Å²) in [5.41, 5.74) is 0.574. The fourth-order valence-electron chi connectivity index (χ4n) is 4.06. The van der Waals surface area contributed by atoms with Gasteiger partial charge in [0.2, 0.25) is 0 Å². The molecule has 0 spiro atoms. The van der Waals surface area contributed by atoms with Crippen LogP contribution in [0.3, 0.4) is 0 Å². The lowest BCUT2D eigenvalue weighted by molar-refractivity contribution is -0.113. The van der Waals surface area contributed by atoms with Crippen molar-refractivity contribution in [2.45, 2.75) is 66.6 Å². The highest BCUT2D eigenvalue weighted by atomic mass is 16.5. The Morgan fingerprint density at radius 2 is 1.89 bits per heavy atom. The van der Waals surface area contributed by atoms with Crippen LogP contribution in [0.4, 0.5) is 0 Å².